The van der Waals surface area contributed by atoms with E-state index in [-0.39, 0.29) is 31.9 Å². The molecule has 11 nitrogen and oxygen atoms in total. The quantitative estimate of drug-likeness (QED) is 0.269. The lowest BCUT2D eigenvalue weighted by Crippen LogP contribution is -2.57. The molecule has 3 aromatic rings. The molecule has 0 unspecified atom stereocenters. The van der Waals surface area contributed by atoms with Gasteiger partial charge in [0.1, 0.15) is 36.9 Å². The molecule has 1 aliphatic heterocycles. The Kier molecular flexibility index (Phi) is 10.7. The van der Waals surface area contributed by atoms with Crippen LogP contribution in [0, 0.1) is 0 Å². The molecule has 5 atom stereocenters. The lowest BCUT2D eigenvalue weighted by molar-refractivity contribution is -0.152. The third kappa shape index (κ3) is 7.64. The number of rotatable bonds is 11. The second-order valence-electron chi connectivity index (χ2n) is 12.0. The number of ether oxygens (including phenoxy) is 2. The highest BCUT2D eigenvalue weighted by Crippen LogP contribution is 2.44. The first-order chi connectivity index (χ1) is 23.1. The number of methoxy groups -OCH3 is 1. The van der Waals surface area contributed by atoms with Gasteiger partial charge in [0.05, 0.1) is 13.7 Å². The molecule has 1 fully saturated rings. The van der Waals surface area contributed by atoms with Crippen molar-refractivity contribution in [1.29, 1.82) is 0 Å². The van der Waals surface area contributed by atoms with Crippen molar-refractivity contribution in [3.05, 3.63) is 95.6 Å². The first-order valence-electron chi connectivity index (χ1n) is 15.9. The van der Waals surface area contributed by atoms with E-state index in [0.29, 0.717) is 0 Å². The highest BCUT2D eigenvalue weighted by molar-refractivity contribution is 5.95. The van der Waals surface area contributed by atoms with Crippen LogP contribution in [0.15, 0.2) is 78.9 Å². The smallest absolute Gasteiger partial charge is 0.407 e. The van der Waals surface area contributed by atoms with Gasteiger partial charge in [0.2, 0.25) is 17.7 Å². The summed E-state index contributed by atoms with van der Waals surface area (Å²) in [6.45, 7) is 2.64. The molecule has 12 heteroatoms. The third-order valence-electron chi connectivity index (χ3n) is 8.73. The van der Waals surface area contributed by atoms with Crippen molar-refractivity contribution in [3.63, 3.8) is 0 Å². The number of alkyl carbamates (subject to hydrolysis) is 1. The van der Waals surface area contributed by atoms with Crippen molar-refractivity contribution in [3.8, 4) is 11.1 Å². The molecule has 0 spiro atoms. The number of carbonyl (C=O) groups is 5. The van der Waals surface area contributed by atoms with Gasteiger partial charge in [0, 0.05) is 18.8 Å². The van der Waals surface area contributed by atoms with Crippen LogP contribution in [-0.2, 0) is 35.1 Å². The maximum Gasteiger partial charge on any atom is 0.407 e. The number of halogens is 1. The van der Waals surface area contributed by atoms with Crippen molar-refractivity contribution in [2.45, 2.75) is 62.9 Å². The zero-order valence-corrected chi connectivity index (χ0v) is 27.0. The van der Waals surface area contributed by atoms with Crippen LogP contribution in [0.5, 0.6) is 0 Å². The van der Waals surface area contributed by atoms with Gasteiger partial charge in [-0.25, -0.2) is 14.0 Å². The largest absolute Gasteiger partial charge is 0.467 e. The molecule has 5 rings (SSSR count). The van der Waals surface area contributed by atoms with Gasteiger partial charge in [-0.1, -0.05) is 78.9 Å². The SMILES string of the molecule is COC(=O)[C@@H]1C[C@@H](F)CN1C(=O)[C@H](Cc1ccccc1)NC(=O)[C@H](C)NC(=O)[C@H](C)NC(=O)OCC1c2ccccc2-c2ccccc21. The van der Waals surface area contributed by atoms with E-state index >= 15 is 0 Å². The Balaban J connectivity index is 1.17. The van der Waals surface area contributed by atoms with E-state index in [1.165, 1.54) is 13.8 Å². The second kappa shape index (κ2) is 15.1. The molecule has 0 radical (unpaired) electrons. The van der Waals surface area contributed by atoms with Crippen LogP contribution in [0.25, 0.3) is 11.1 Å². The van der Waals surface area contributed by atoms with Crippen LogP contribution in [0.2, 0.25) is 0 Å². The van der Waals surface area contributed by atoms with Crippen molar-refractivity contribution in [2.24, 2.45) is 0 Å². The van der Waals surface area contributed by atoms with Gasteiger partial charge in [-0.15, -0.1) is 0 Å². The normalized spacial score (nSPS) is 18.5. The molecule has 0 aromatic heterocycles. The minimum Gasteiger partial charge on any atom is -0.467 e. The summed E-state index contributed by atoms with van der Waals surface area (Å²) in [5, 5.41) is 7.71. The molecule has 252 valence electrons. The number of esters is 1. The average Bonchev–Trinajstić information content (AvgIpc) is 3.64. The van der Waals surface area contributed by atoms with E-state index in [2.05, 4.69) is 16.0 Å². The van der Waals surface area contributed by atoms with Gasteiger partial charge < -0.3 is 30.3 Å². The minimum absolute atomic E-state index is 0.0627. The minimum atomic E-state index is -1.42. The highest BCUT2D eigenvalue weighted by atomic mass is 19.1. The van der Waals surface area contributed by atoms with Gasteiger partial charge >= 0.3 is 12.1 Å². The average molecular weight is 659 g/mol. The van der Waals surface area contributed by atoms with Gasteiger partial charge in [-0.3, -0.25) is 14.4 Å². The summed E-state index contributed by atoms with van der Waals surface area (Å²) in [5.74, 6) is -2.88. The Morgan fingerprint density at radius 3 is 2.00 bits per heavy atom. The number of likely N-dealkylation sites (tertiary alicyclic amines) is 1. The molecule has 1 heterocycles. The summed E-state index contributed by atoms with van der Waals surface area (Å²) < 4.78 is 24.6. The number of hydrogen-bond acceptors (Lipinski definition) is 7. The Morgan fingerprint density at radius 2 is 1.38 bits per heavy atom. The van der Waals surface area contributed by atoms with Crippen molar-refractivity contribution >= 4 is 29.8 Å². The predicted molar refractivity (Wildman–Crippen MR) is 174 cm³/mol. The van der Waals surface area contributed by atoms with Crippen LogP contribution in [0.4, 0.5) is 9.18 Å². The van der Waals surface area contributed by atoms with Crippen LogP contribution >= 0.6 is 0 Å². The summed E-state index contributed by atoms with van der Waals surface area (Å²) in [6.07, 6.45) is -2.35. The highest BCUT2D eigenvalue weighted by Gasteiger charge is 2.43. The maximum atomic E-state index is 14.3. The van der Waals surface area contributed by atoms with Gasteiger partial charge in [0.25, 0.3) is 0 Å². The Labute approximate surface area is 278 Å². The summed E-state index contributed by atoms with van der Waals surface area (Å²) >= 11 is 0. The predicted octanol–water partition coefficient (Wildman–Crippen LogP) is 3.26. The fraction of sp³-hybridized carbons (Fsp3) is 0.361. The molecular weight excluding hydrogens is 619 g/mol. The number of nitrogens with one attached hydrogen (secondary N) is 3. The number of alkyl halides is 1. The first kappa shape index (κ1) is 34.1. The van der Waals surface area contributed by atoms with E-state index in [0.717, 1.165) is 39.8 Å². The molecule has 2 aliphatic rings. The van der Waals surface area contributed by atoms with Crippen LogP contribution in [0.1, 0.15) is 42.9 Å². The second-order valence-corrected chi connectivity index (χ2v) is 12.0. The van der Waals surface area contributed by atoms with Crippen LogP contribution in [0.3, 0.4) is 0 Å². The summed E-state index contributed by atoms with van der Waals surface area (Å²) in [4.78, 5) is 65.9. The fourth-order valence-electron chi connectivity index (χ4n) is 6.22. The number of benzene rings is 3. The molecule has 48 heavy (non-hydrogen) atoms. The number of fused-ring (bicyclic) bond motifs is 3. The molecular formula is C36H39FN4O7. The molecule has 4 amide bonds. The Morgan fingerprint density at radius 1 is 0.812 bits per heavy atom. The monoisotopic (exact) mass is 658 g/mol. The van der Waals surface area contributed by atoms with E-state index in [1.54, 1.807) is 30.3 Å². The van der Waals surface area contributed by atoms with Crippen molar-refractivity contribution in [1.82, 2.24) is 20.9 Å². The first-order valence-corrected chi connectivity index (χ1v) is 15.9. The standard InChI is InChI=1S/C36H39FN4O7/c1-21(33(43)40-30(17-23-11-5-4-6-12-23)34(44)41-19-24(37)18-31(41)35(45)47-3)38-32(42)22(2)39-36(46)48-20-29-27-15-9-7-13-25(27)26-14-8-10-16-28(26)29/h4-16,21-22,24,29-31H,17-20H2,1-3H3,(H,38,42)(H,39,46)(H,40,43)/t21-,22-,24+,30-,31-/m0/s1. The van der Waals surface area contributed by atoms with E-state index in [9.17, 15) is 28.4 Å². The third-order valence-corrected chi connectivity index (χ3v) is 8.73. The maximum absolute atomic E-state index is 14.3. The lowest BCUT2D eigenvalue weighted by atomic mass is 9.98. The number of amides is 4. The van der Waals surface area contributed by atoms with Crippen LogP contribution < -0.4 is 16.0 Å². The number of nitrogens with zero attached hydrogens (tertiary/aromatic N) is 1. The number of hydrogen-bond donors (Lipinski definition) is 3. The fourth-order valence-corrected chi connectivity index (χ4v) is 6.22. The van der Waals surface area contributed by atoms with E-state index in [1.807, 2.05) is 48.5 Å². The summed E-state index contributed by atoms with van der Waals surface area (Å²) in [7, 11) is 1.16. The van der Waals surface area contributed by atoms with Crippen molar-refractivity contribution < 1.29 is 37.8 Å². The van der Waals surface area contributed by atoms with E-state index in [4.69, 9.17) is 9.47 Å². The zero-order valence-electron chi connectivity index (χ0n) is 27.0. The molecule has 1 saturated heterocycles. The Bertz CT molecular complexity index is 1620. The van der Waals surface area contributed by atoms with Gasteiger partial charge in [-0.2, -0.15) is 0 Å². The Hall–Kier alpha value is -5.26. The molecule has 3 N–H and O–H groups in total. The van der Waals surface area contributed by atoms with Crippen molar-refractivity contribution in [2.75, 3.05) is 20.3 Å². The van der Waals surface area contributed by atoms with Gasteiger partial charge in [-0.05, 0) is 41.7 Å². The molecule has 0 saturated carbocycles. The zero-order chi connectivity index (χ0) is 34.4. The van der Waals surface area contributed by atoms with Gasteiger partial charge in [0.15, 0.2) is 0 Å². The number of carbonyl (C=O) groups excluding carboxylic acids is 5. The van der Waals surface area contributed by atoms with E-state index < -0.39 is 60.1 Å². The topological polar surface area (TPSA) is 143 Å². The summed E-state index contributed by atoms with van der Waals surface area (Å²) in [6, 6.07) is 20.3. The van der Waals surface area contributed by atoms with Crippen LogP contribution in [-0.4, -0.2) is 85.3 Å². The molecule has 0 bridgehead atoms. The molecule has 3 aromatic carbocycles. The molecule has 1 aliphatic carbocycles. The summed E-state index contributed by atoms with van der Waals surface area (Å²) in [5.41, 5.74) is 5.00. The lowest BCUT2D eigenvalue weighted by Gasteiger charge is -2.29.